The highest BCUT2D eigenvalue weighted by Crippen LogP contribution is 2.18. The third-order valence-corrected chi connectivity index (χ3v) is 3.87. The van der Waals surface area contributed by atoms with Gasteiger partial charge in [-0.3, -0.25) is 0 Å². The van der Waals surface area contributed by atoms with Crippen LogP contribution in [-0.4, -0.2) is 23.2 Å². The van der Waals surface area contributed by atoms with Gasteiger partial charge in [-0.1, -0.05) is 48.7 Å². The fraction of sp³-hybridized carbons (Fsp3) is 0.500. The maximum Gasteiger partial charge on any atom is 0.0434 e. The number of nitrogens with zero attached hydrogens (tertiary/aromatic N) is 1. The average Bonchev–Trinajstić information content (AvgIpc) is 2.46. The molecule has 1 N–H and O–H groups in total. The van der Waals surface area contributed by atoms with Gasteiger partial charge in [-0.15, -0.1) is 0 Å². The van der Waals surface area contributed by atoms with Crippen molar-refractivity contribution in [1.82, 2.24) is 4.90 Å². The number of rotatable bonds is 8. The van der Waals surface area contributed by atoms with Crippen LogP contribution in [0, 0.1) is 12.8 Å². The van der Waals surface area contributed by atoms with Crippen molar-refractivity contribution in [1.29, 1.82) is 0 Å². The number of aliphatic hydroxyl groups is 1. The van der Waals surface area contributed by atoms with E-state index in [2.05, 4.69) is 76.2 Å². The molecule has 0 saturated heterocycles. The number of hydrogen-bond donors (Lipinski definition) is 1. The van der Waals surface area contributed by atoms with E-state index in [9.17, 15) is 5.11 Å². The van der Waals surface area contributed by atoms with Crippen molar-refractivity contribution >= 4 is 5.57 Å². The summed E-state index contributed by atoms with van der Waals surface area (Å²) in [6, 6.07) is 8.65. The van der Waals surface area contributed by atoms with Crippen LogP contribution in [0.3, 0.4) is 0 Å². The van der Waals surface area contributed by atoms with Crippen molar-refractivity contribution in [3.63, 3.8) is 0 Å². The molecule has 0 saturated carbocycles. The topological polar surface area (TPSA) is 23.5 Å². The second-order valence-corrected chi connectivity index (χ2v) is 6.37. The standard InChI is InChI=1S/C20H31NO/c1-6-19(11-12-22)15-21(13-16(2)3)14-18(5)20-9-7-17(4)8-10-20/h7-10,13-14,19,22H,6,11-12,15H2,1-5H3/b18-14+. The zero-order chi connectivity index (χ0) is 16.5. The van der Waals surface area contributed by atoms with E-state index in [-0.39, 0.29) is 6.61 Å². The van der Waals surface area contributed by atoms with Gasteiger partial charge in [0.2, 0.25) is 0 Å². The summed E-state index contributed by atoms with van der Waals surface area (Å²) in [6.07, 6.45) is 6.36. The van der Waals surface area contributed by atoms with E-state index in [0.717, 1.165) is 19.4 Å². The minimum absolute atomic E-state index is 0.266. The molecular weight excluding hydrogens is 270 g/mol. The van der Waals surface area contributed by atoms with E-state index in [0.29, 0.717) is 5.92 Å². The Hall–Kier alpha value is -1.54. The molecule has 22 heavy (non-hydrogen) atoms. The summed E-state index contributed by atoms with van der Waals surface area (Å²) in [5.74, 6) is 0.516. The Bertz CT molecular complexity index is 495. The number of benzene rings is 1. The van der Waals surface area contributed by atoms with Gasteiger partial charge in [0.05, 0.1) is 0 Å². The van der Waals surface area contributed by atoms with Crippen LogP contribution >= 0.6 is 0 Å². The Balaban J connectivity index is 2.93. The van der Waals surface area contributed by atoms with Crippen molar-refractivity contribution in [2.75, 3.05) is 13.2 Å². The lowest BCUT2D eigenvalue weighted by molar-refractivity contribution is 0.238. The van der Waals surface area contributed by atoms with Crippen LogP contribution in [0.5, 0.6) is 0 Å². The first-order valence-electron chi connectivity index (χ1n) is 8.23. The van der Waals surface area contributed by atoms with Crippen LogP contribution in [0.25, 0.3) is 5.57 Å². The van der Waals surface area contributed by atoms with Crippen molar-refractivity contribution in [2.24, 2.45) is 5.92 Å². The molecule has 1 rings (SSSR count). The molecule has 2 heteroatoms. The first-order chi connectivity index (χ1) is 10.5. The minimum atomic E-state index is 0.266. The predicted molar refractivity (Wildman–Crippen MR) is 96.5 cm³/mol. The van der Waals surface area contributed by atoms with E-state index >= 15 is 0 Å². The normalized spacial score (nSPS) is 12.9. The van der Waals surface area contributed by atoms with Crippen LogP contribution in [0.2, 0.25) is 0 Å². The highest BCUT2D eigenvalue weighted by Gasteiger charge is 2.09. The molecule has 1 aromatic rings. The average molecular weight is 301 g/mol. The Kier molecular flexibility index (Phi) is 7.97. The van der Waals surface area contributed by atoms with Crippen LogP contribution < -0.4 is 0 Å². The molecule has 1 aromatic carbocycles. The molecule has 0 spiro atoms. The third-order valence-electron chi connectivity index (χ3n) is 3.87. The monoisotopic (exact) mass is 301 g/mol. The molecule has 0 bridgehead atoms. The van der Waals surface area contributed by atoms with E-state index in [1.165, 1.54) is 22.3 Å². The zero-order valence-corrected chi connectivity index (χ0v) is 14.8. The smallest absolute Gasteiger partial charge is 0.0434 e. The quantitative estimate of drug-likeness (QED) is 0.731. The third kappa shape index (κ3) is 6.48. The first kappa shape index (κ1) is 18.5. The number of hydrogen-bond acceptors (Lipinski definition) is 2. The van der Waals surface area contributed by atoms with Gasteiger partial charge in [-0.2, -0.15) is 0 Å². The second-order valence-electron chi connectivity index (χ2n) is 6.37. The second kappa shape index (κ2) is 9.47. The zero-order valence-electron chi connectivity index (χ0n) is 14.8. The SMILES string of the molecule is CCC(CCO)CN(C=C(C)C)/C=C(\C)c1ccc(C)cc1. The predicted octanol–water partition coefficient (Wildman–Crippen LogP) is 4.99. The van der Waals surface area contributed by atoms with Gasteiger partial charge in [-0.25, -0.2) is 0 Å². The van der Waals surface area contributed by atoms with Gasteiger partial charge < -0.3 is 10.0 Å². The number of aliphatic hydroxyl groups excluding tert-OH is 1. The van der Waals surface area contributed by atoms with Gasteiger partial charge in [0.1, 0.15) is 0 Å². The first-order valence-corrected chi connectivity index (χ1v) is 8.23. The molecule has 0 amide bonds. The van der Waals surface area contributed by atoms with E-state index in [4.69, 9.17) is 0 Å². The van der Waals surface area contributed by atoms with Gasteiger partial charge in [0.15, 0.2) is 0 Å². The fourth-order valence-electron chi connectivity index (χ4n) is 2.52. The molecule has 0 radical (unpaired) electrons. The van der Waals surface area contributed by atoms with Crippen LogP contribution in [0.1, 0.15) is 51.7 Å². The molecule has 122 valence electrons. The van der Waals surface area contributed by atoms with E-state index in [1.54, 1.807) is 0 Å². The van der Waals surface area contributed by atoms with Gasteiger partial charge >= 0.3 is 0 Å². The largest absolute Gasteiger partial charge is 0.396 e. The summed E-state index contributed by atoms with van der Waals surface area (Å²) in [5, 5.41) is 9.20. The number of aryl methyl sites for hydroxylation is 1. The van der Waals surface area contributed by atoms with E-state index in [1.807, 2.05) is 0 Å². The Labute approximate surface area is 136 Å². The lowest BCUT2D eigenvalue weighted by Gasteiger charge is -2.24. The molecular formula is C20H31NO. The summed E-state index contributed by atoms with van der Waals surface area (Å²) >= 11 is 0. The van der Waals surface area contributed by atoms with Crippen molar-refractivity contribution in [2.45, 2.75) is 47.5 Å². The van der Waals surface area contributed by atoms with Crippen LogP contribution in [0.4, 0.5) is 0 Å². The highest BCUT2D eigenvalue weighted by atomic mass is 16.3. The van der Waals surface area contributed by atoms with Crippen LogP contribution in [-0.2, 0) is 0 Å². The molecule has 0 aliphatic heterocycles. The Morgan fingerprint density at radius 2 is 1.77 bits per heavy atom. The lowest BCUT2D eigenvalue weighted by atomic mass is 10.0. The summed E-state index contributed by atoms with van der Waals surface area (Å²) in [5.41, 5.74) is 5.09. The van der Waals surface area contributed by atoms with Crippen molar-refractivity contribution < 1.29 is 5.11 Å². The maximum absolute atomic E-state index is 9.20. The number of allylic oxidation sites excluding steroid dienone is 2. The Morgan fingerprint density at radius 3 is 2.27 bits per heavy atom. The molecule has 1 atom stereocenters. The van der Waals surface area contributed by atoms with Crippen molar-refractivity contribution in [3.05, 3.63) is 53.4 Å². The van der Waals surface area contributed by atoms with Crippen molar-refractivity contribution in [3.8, 4) is 0 Å². The summed E-state index contributed by atoms with van der Waals surface area (Å²) in [7, 11) is 0. The van der Waals surface area contributed by atoms with Gasteiger partial charge in [-0.05, 0) is 51.2 Å². The van der Waals surface area contributed by atoms with E-state index < -0.39 is 0 Å². The minimum Gasteiger partial charge on any atom is -0.396 e. The molecule has 0 fully saturated rings. The summed E-state index contributed by atoms with van der Waals surface area (Å²) < 4.78 is 0. The fourth-order valence-corrected chi connectivity index (χ4v) is 2.52. The highest BCUT2D eigenvalue weighted by molar-refractivity contribution is 5.63. The summed E-state index contributed by atoms with van der Waals surface area (Å²) in [4.78, 5) is 2.27. The molecule has 0 aromatic heterocycles. The molecule has 1 unspecified atom stereocenters. The molecule has 2 nitrogen and oxygen atoms in total. The molecule has 0 heterocycles. The van der Waals surface area contributed by atoms with Gasteiger partial charge in [0.25, 0.3) is 0 Å². The van der Waals surface area contributed by atoms with Crippen LogP contribution in [0.15, 0.2) is 42.2 Å². The Morgan fingerprint density at radius 1 is 1.14 bits per heavy atom. The lowest BCUT2D eigenvalue weighted by Crippen LogP contribution is -2.21. The molecule has 0 aliphatic carbocycles. The van der Waals surface area contributed by atoms with Gasteiger partial charge in [0, 0.05) is 25.6 Å². The summed E-state index contributed by atoms with van der Waals surface area (Å²) in [6.45, 7) is 11.9. The maximum atomic E-state index is 9.20. The molecule has 0 aliphatic rings.